The van der Waals surface area contributed by atoms with Crippen LogP contribution < -0.4 is 0 Å². The van der Waals surface area contributed by atoms with Gasteiger partial charge in [0.15, 0.2) is 0 Å². The molecule has 1 nitrogen and oxygen atoms in total. The number of fused-ring (bicyclic) bond motifs is 2. The lowest BCUT2D eigenvalue weighted by atomic mass is 9.55. The lowest BCUT2D eigenvalue weighted by Crippen LogP contribution is -2.62. The van der Waals surface area contributed by atoms with E-state index in [4.69, 9.17) is 0 Å². The molecule has 0 amide bonds. The zero-order valence-corrected chi connectivity index (χ0v) is 7.93. The third-order valence-electron chi connectivity index (χ3n) is 4.87. The topological polar surface area (TPSA) is 20.2 Å². The molecule has 0 aromatic heterocycles. The van der Waals surface area contributed by atoms with Gasteiger partial charge in [-0.3, -0.25) is 0 Å². The van der Waals surface area contributed by atoms with Crippen LogP contribution in [0.15, 0.2) is 0 Å². The summed E-state index contributed by atoms with van der Waals surface area (Å²) in [5, 5.41) is 10.4. The molecule has 74 valence electrons. The van der Waals surface area contributed by atoms with E-state index in [-0.39, 0.29) is 11.8 Å². The summed E-state index contributed by atoms with van der Waals surface area (Å²) >= 11 is 0. The van der Waals surface area contributed by atoms with E-state index < -0.39 is 11.3 Å². The standard InChI is InChI=1S/C11H17FO/c12-10-6-1-7-11(10,13)9-4-2-8(10)3-5-9/h8-9,13H,1-7H2. The Balaban J connectivity index is 2.06. The van der Waals surface area contributed by atoms with Crippen molar-refractivity contribution in [2.45, 2.75) is 56.2 Å². The van der Waals surface area contributed by atoms with Crippen molar-refractivity contribution in [1.82, 2.24) is 0 Å². The quantitative estimate of drug-likeness (QED) is 0.613. The lowest BCUT2D eigenvalue weighted by Gasteiger charge is -2.55. The zero-order valence-electron chi connectivity index (χ0n) is 7.93. The highest BCUT2D eigenvalue weighted by Gasteiger charge is 2.66. The smallest absolute Gasteiger partial charge is 0.142 e. The van der Waals surface area contributed by atoms with Crippen LogP contribution in [0.3, 0.4) is 0 Å². The van der Waals surface area contributed by atoms with Gasteiger partial charge in [-0.25, -0.2) is 4.39 Å². The summed E-state index contributed by atoms with van der Waals surface area (Å²) < 4.78 is 14.6. The van der Waals surface area contributed by atoms with Gasteiger partial charge in [0.25, 0.3) is 0 Å². The molecule has 2 bridgehead atoms. The molecular formula is C11H17FO. The monoisotopic (exact) mass is 184 g/mol. The van der Waals surface area contributed by atoms with Gasteiger partial charge in [-0.15, -0.1) is 0 Å². The minimum Gasteiger partial charge on any atom is -0.386 e. The Morgan fingerprint density at radius 3 is 2.23 bits per heavy atom. The van der Waals surface area contributed by atoms with E-state index >= 15 is 0 Å². The molecule has 2 atom stereocenters. The first kappa shape index (κ1) is 8.22. The molecule has 2 unspecified atom stereocenters. The molecule has 0 radical (unpaired) electrons. The first-order chi connectivity index (χ1) is 6.17. The van der Waals surface area contributed by atoms with Crippen molar-refractivity contribution in [1.29, 1.82) is 0 Å². The van der Waals surface area contributed by atoms with Crippen molar-refractivity contribution in [2.24, 2.45) is 11.8 Å². The Kier molecular flexibility index (Phi) is 1.44. The average Bonchev–Trinajstić information content (AvgIpc) is 2.47. The second-order valence-corrected chi connectivity index (χ2v) is 5.19. The van der Waals surface area contributed by atoms with Gasteiger partial charge in [-0.05, 0) is 56.8 Å². The van der Waals surface area contributed by atoms with Gasteiger partial charge in [0.05, 0.1) is 0 Å². The fourth-order valence-electron chi connectivity index (χ4n) is 4.17. The van der Waals surface area contributed by atoms with Gasteiger partial charge in [-0.2, -0.15) is 0 Å². The summed E-state index contributed by atoms with van der Waals surface area (Å²) in [5.74, 6) is 0.440. The fraction of sp³-hybridized carbons (Fsp3) is 1.00. The molecule has 4 saturated carbocycles. The van der Waals surface area contributed by atoms with E-state index in [1.165, 1.54) is 0 Å². The van der Waals surface area contributed by atoms with Crippen LogP contribution in [0.2, 0.25) is 0 Å². The van der Waals surface area contributed by atoms with Crippen LogP contribution in [0.1, 0.15) is 44.9 Å². The summed E-state index contributed by atoms with van der Waals surface area (Å²) in [6.07, 6.45) is 6.38. The largest absolute Gasteiger partial charge is 0.386 e. The molecular weight excluding hydrogens is 167 g/mol. The maximum absolute atomic E-state index is 14.6. The second-order valence-electron chi connectivity index (χ2n) is 5.19. The summed E-state index contributed by atoms with van der Waals surface area (Å²) in [6, 6.07) is 0. The van der Waals surface area contributed by atoms with Crippen LogP contribution >= 0.6 is 0 Å². The Bertz CT molecular complexity index is 210. The number of alkyl halides is 1. The summed E-state index contributed by atoms with van der Waals surface area (Å²) in [5.41, 5.74) is -2.12. The van der Waals surface area contributed by atoms with E-state index in [0.717, 1.165) is 32.1 Å². The van der Waals surface area contributed by atoms with Crippen molar-refractivity contribution in [3.05, 3.63) is 0 Å². The number of rotatable bonds is 0. The highest BCUT2D eigenvalue weighted by Crippen LogP contribution is 2.62. The van der Waals surface area contributed by atoms with Crippen molar-refractivity contribution in [3.63, 3.8) is 0 Å². The third kappa shape index (κ3) is 0.769. The Hall–Kier alpha value is -0.110. The minimum atomic E-state index is -1.20. The first-order valence-electron chi connectivity index (χ1n) is 5.58. The van der Waals surface area contributed by atoms with E-state index in [1.807, 2.05) is 0 Å². The van der Waals surface area contributed by atoms with Gasteiger partial charge < -0.3 is 5.11 Å². The van der Waals surface area contributed by atoms with E-state index in [1.54, 1.807) is 0 Å². The zero-order chi connectivity index (χ0) is 9.10. The van der Waals surface area contributed by atoms with E-state index in [9.17, 15) is 9.50 Å². The van der Waals surface area contributed by atoms with Gasteiger partial charge in [0.2, 0.25) is 0 Å². The van der Waals surface area contributed by atoms with Crippen LogP contribution in [0.25, 0.3) is 0 Å². The van der Waals surface area contributed by atoms with Crippen molar-refractivity contribution >= 4 is 0 Å². The molecule has 1 N–H and O–H groups in total. The normalized spacial score (nSPS) is 59.5. The molecule has 0 heterocycles. The van der Waals surface area contributed by atoms with Crippen molar-refractivity contribution in [3.8, 4) is 0 Å². The second kappa shape index (κ2) is 2.28. The molecule has 0 aromatic rings. The first-order valence-corrected chi connectivity index (χ1v) is 5.58. The van der Waals surface area contributed by atoms with Crippen LogP contribution in [0.4, 0.5) is 4.39 Å². The van der Waals surface area contributed by atoms with Crippen LogP contribution in [0.5, 0.6) is 0 Å². The summed E-state index contributed by atoms with van der Waals surface area (Å²) in [6.45, 7) is 0. The molecule has 0 spiro atoms. The molecule has 13 heavy (non-hydrogen) atoms. The van der Waals surface area contributed by atoms with E-state index in [2.05, 4.69) is 0 Å². The minimum absolute atomic E-state index is 0.171. The van der Waals surface area contributed by atoms with Crippen molar-refractivity contribution in [2.75, 3.05) is 0 Å². The van der Waals surface area contributed by atoms with Gasteiger partial charge in [0.1, 0.15) is 11.3 Å². The van der Waals surface area contributed by atoms with Crippen LogP contribution in [-0.2, 0) is 0 Å². The van der Waals surface area contributed by atoms with Gasteiger partial charge in [0, 0.05) is 0 Å². The molecule has 0 aromatic carbocycles. The molecule has 0 saturated heterocycles. The Labute approximate surface area is 78.3 Å². The SMILES string of the molecule is OC12CCCC1(F)C1CCC2CC1. The van der Waals surface area contributed by atoms with Gasteiger partial charge >= 0.3 is 0 Å². The highest BCUT2D eigenvalue weighted by molar-refractivity contribution is 5.16. The Morgan fingerprint density at radius 2 is 1.62 bits per heavy atom. The predicted octanol–water partition coefficient (Wildman–Crippen LogP) is 2.43. The van der Waals surface area contributed by atoms with Gasteiger partial charge in [-0.1, -0.05) is 0 Å². The third-order valence-corrected chi connectivity index (χ3v) is 4.87. The molecule has 2 heteroatoms. The lowest BCUT2D eigenvalue weighted by molar-refractivity contribution is -0.199. The summed E-state index contributed by atoms with van der Waals surface area (Å²) in [7, 11) is 0. The maximum atomic E-state index is 14.6. The highest BCUT2D eigenvalue weighted by atomic mass is 19.1. The van der Waals surface area contributed by atoms with E-state index in [0.29, 0.717) is 12.8 Å². The average molecular weight is 184 g/mol. The molecule has 4 aliphatic rings. The Morgan fingerprint density at radius 1 is 1.00 bits per heavy atom. The fourth-order valence-corrected chi connectivity index (χ4v) is 4.17. The summed E-state index contributed by atoms with van der Waals surface area (Å²) in [4.78, 5) is 0. The maximum Gasteiger partial charge on any atom is 0.142 e. The van der Waals surface area contributed by atoms with Crippen molar-refractivity contribution < 1.29 is 9.50 Å². The molecule has 0 aliphatic heterocycles. The van der Waals surface area contributed by atoms with Crippen LogP contribution in [-0.4, -0.2) is 16.4 Å². The number of halogens is 1. The molecule has 4 aliphatic carbocycles. The number of aliphatic hydroxyl groups is 1. The van der Waals surface area contributed by atoms with Crippen LogP contribution in [0, 0.1) is 11.8 Å². The number of hydrogen-bond acceptors (Lipinski definition) is 1. The molecule has 4 rings (SSSR count). The predicted molar refractivity (Wildman–Crippen MR) is 48.1 cm³/mol. The number of hydrogen-bond donors (Lipinski definition) is 1. The molecule has 4 fully saturated rings.